The molecule has 0 aromatic rings. The van der Waals surface area contributed by atoms with E-state index in [2.05, 4.69) is 41.5 Å². The zero-order valence-corrected chi connectivity index (χ0v) is 72.2. The van der Waals surface area contributed by atoms with E-state index in [-0.39, 0.29) is 25.7 Å². The van der Waals surface area contributed by atoms with Gasteiger partial charge in [0.2, 0.25) is 0 Å². The number of hydrogen-bond acceptors (Lipinski definition) is 15. The topological polar surface area (TPSA) is 237 Å². The van der Waals surface area contributed by atoms with Gasteiger partial charge in [-0.25, -0.2) is 9.13 Å². The van der Waals surface area contributed by atoms with Crippen LogP contribution in [0.4, 0.5) is 0 Å². The normalized spacial score (nSPS) is 14.0. The molecular formula is C88H172O17P2. The Morgan fingerprint density at radius 3 is 0.710 bits per heavy atom. The first kappa shape index (κ1) is 105. The standard InChI is InChI=1S/C88H172O17P2/c1-7-10-12-14-16-18-20-22-24-26-28-29-30-32-36-41-45-49-53-61-66-72-87(92)104-83(76-98-85(90)70-64-58-51-47-43-39-37-33-34-38-42-46-50-56-62-68-80(4)5)78-102-106(94,95)100-74-82(89)75-101-107(96,97)103-79-84(77-99-86(91)71-65-59-55-54-57-63-69-81(6)9-3)105-88(93)73-67-60-52-48-44-40-35-31-27-25-23-21-19-17-15-13-11-8-2/h80-84,89H,7-79H2,1-6H3,(H,94,95)(H,96,97)/t81?,82-,83-,84-/m1/s1. The summed E-state index contributed by atoms with van der Waals surface area (Å²) in [5, 5.41) is 10.7. The summed E-state index contributed by atoms with van der Waals surface area (Å²) in [5.41, 5.74) is 0. The Hall–Kier alpha value is -1.94. The number of phosphoric acid groups is 2. The molecule has 0 aromatic carbocycles. The van der Waals surface area contributed by atoms with Gasteiger partial charge in [-0.2, -0.15) is 0 Å². The fourth-order valence-electron chi connectivity index (χ4n) is 13.7. The summed E-state index contributed by atoms with van der Waals surface area (Å²) in [6, 6.07) is 0. The highest BCUT2D eigenvalue weighted by atomic mass is 31.2. The molecule has 17 nitrogen and oxygen atoms in total. The number of hydrogen-bond donors (Lipinski definition) is 3. The van der Waals surface area contributed by atoms with Crippen molar-refractivity contribution >= 4 is 39.5 Å². The van der Waals surface area contributed by atoms with E-state index in [0.29, 0.717) is 25.7 Å². The fourth-order valence-corrected chi connectivity index (χ4v) is 15.3. The van der Waals surface area contributed by atoms with Crippen LogP contribution in [0.15, 0.2) is 0 Å². The molecule has 6 atom stereocenters. The SMILES string of the molecule is CCCCCCCCCCCCCCCCCCCCCCCC(=O)O[C@H](COC(=O)CCCCCCCCCCCCCCCCCC(C)C)COP(=O)(O)OC[C@@H](O)COP(=O)(O)OC[C@@H](COC(=O)CCCCCCCCC(C)CC)OC(=O)CCCCCCCCCCCCCCCCCCCC. The van der Waals surface area contributed by atoms with Gasteiger partial charge in [0.25, 0.3) is 0 Å². The zero-order valence-electron chi connectivity index (χ0n) is 70.5. The molecule has 0 saturated carbocycles. The average molecular weight is 1560 g/mol. The number of rotatable bonds is 87. The molecule has 636 valence electrons. The summed E-state index contributed by atoms with van der Waals surface area (Å²) in [4.78, 5) is 73.3. The third kappa shape index (κ3) is 80.5. The smallest absolute Gasteiger partial charge is 0.462 e. The van der Waals surface area contributed by atoms with Crippen LogP contribution in [0.2, 0.25) is 0 Å². The van der Waals surface area contributed by atoms with E-state index in [1.165, 1.54) is 283 Å². The first-order chi connectivity index (χ1) is 51.9. The molecule has 3 N–H and O–H groups in total. The lowest BCUT2D eigenvalue weighted by Gasteiger charge is -2.21. The van der Waals surface area contributed by atoms with Crippen LogP contribution in [0.25, 0.3) is 0 Å². The van der Waals surface area contributed by atoms with Gasteiger partial charge in [-0.1, -0.05) is 420 Å². The van der Waals surface area contributed by atoms with Gasteiger partial charge in [0.1, 0.15) is 19.3 Å². The van der Waals surface area contributed by atoms with Crippen molar-refractivity contribution in [3.63, 3.8) is 0 Å². The second-order valence-electron chi connectivity index (χ2n) is 32.4. The first-order valence-electron chi connectivity index (χ1n) is 45.5. The Kier molecular flexibility index (Phi) is 77.9. The van der Waals surface area contributed by atoms with Gasteiger partial charge >= 0.3 is 39.5 Å². The summed E-state index contributed by atoms with van der Waals surface area (Å²) >= 11 is 0. The van der Waals surface area contributed by atoms with E-state index in [4.69, 9.17) is 37.0 Å². The molecule has 3 unspecified atom stereocenters. The largest absolute Gasteiger partial charge is 0.472 e. The Bertz CT molecular complexity index is 2050. The summed E-state index contributed by atoms with van der Waals surface area (Å²) in [7, 11) is -9.93. The second kappa shape index (κ2) is 79.3. The molecule has 0 aromatic heterocycles. The maximum Gasteiger partial charge on any atom is 0.472 e. The quantitative estimate of drug-likeness (QED) is 0.0222. The lowest BCUT2D eigenvalue weighted by Crippen LogP contribution is -2.30. The van der Waals surface area contributed by atoms with Crippen molar-refractivity contribution in [2.45, 2.75) is 490 Å². The van der Waals surface area contributed by atoms with Crippen LogP contribution in [0.5, 0.6) is 0 Å². The fraction of sp³-hybridized carbons (Fsp3) is 0.955. The molecule has 0 fully saturated rings. The highest BCUT2D eigenvalue weighted by Crippen LogP contribution is 2.45. The average Bonchev–Trinajstić information content (AvgIpc) is 0.906. The minimum atomic E-state index is -4.97. The van der Waals surface area contributed by atoms with Crippen molar-refractivity contribution < 1.29 is 80.2 Å². The zero-order chi connectivity index (χ0) is 78.5. The molecule has 0 amide bonds. The lowest BCUT2D eigenvalue weighted by molar-refractivity contribution is -0.161. The predicted octanol–water partition coefficient (Wildman–Crippen LogP) is 27.0. The number of aliphatic hydroxyl groups excluding tert-OH is 1. The van der Waals surface area contributed by atoms with E-state index >= 15 is 0 Å². The second-order valence-corrected chi connectivity index (χ2v) is 35.3. The molecule has 0 saturated heterocycles. The Labute approximate surface area is 658 Å². The maximum atomic E-state index is 13.2. The number of unbranched alkanes of at least 4 members (excludes halogenated alkanes) is 56. The van der Waals surface area contributed by atoms with Gasteiger partial charge in [0.05, 0.1) is 26.4 Å². The van der Waals surface area contributed by atoms with Crippen molar-refractivity contribution in [2.75, 3.05) is 39.6 Å². The molecule has 107 heavy (non-hydrogen) atoms. The number of ether oxygens (including phenoxy) is 4. The predicted molar refractivity (Wildman–Crippen MR) is 442 cm³/mol. The highest BCUT2D eigenvalue weighted by Gasteiger charge is 2.31. The van der Waals surface area contributed by atoms with Crippen molar-refractivity contribution in [1.82, 2.24) is 0 Å². The number of phosphoric ester groups is 2. The van der Waals surface area contributed by atoms with Crippen LogP contribution in [-0.2, 0) is 65.4 Å². The molecule has 0 aliphatic carbocycles. The minimum Gasteiger partial charge on any atom is -0.462 e. The van der Waals surface area contributed by atoms with Crippen LogP contribution >= 0.6 is 15.6 Å². The van der Waals surface area contributed by atoms with Crippen molar-refractivity contribution in [3.8, 4) is 0 Å². The Morgan fingerprint density at radius 1 is 0.271 bits per heavy atom. The van der Waals surface area contributed by atoms with E-state index in [0.717, 1.165) is 108 Å². The van der Waals surface area contributed by atoms with Gasteiger partial charge in [-0.3, -0.25) is 37.3 Å². The lowest BCUT2D eigenvalue weighted by atomic mass is 10.00. The van der Waals surface area contributed by atoms with Crippen LogP contribution in [-0.4, -0.2) is 96.7 Å². The van der Waals surface area contributed by atoms with Crippen molar-refractivity contribution in [1.29, 1.82) is 0 Å². The number of esters is 4. The van der Waals surface area contributed by atoms with Gasteiger partial charge in [-0.15, -0.1) is 0 Å². The van der Waals surface area contributed by atoms with E-state index in [1.54, 1.807) is 0 Å². The van der Waals surface area contributed by atoms with Crippen LogP contribution in [0.1, 0.15) is 472 Å². The third-order valence-electron chi connectivity index (χ3n) is 21.1. The molecule has 0 spiro atoms. The summed E-state index contributed by atoms with van der Waals surface area (Å²) in [5.74, 6) is -0.564. The molecule has 0 radical (unpaired) electrons. The molecule has 0 aliphatic rings. The molecule has 0 bridgehead atoms. The number of carbonyl (C=O) groups excluding carboxylic acids is 4. The van der Waals surface area contributed by atoms with Crippen LogP contribution < -0.4 is 0 Å². The molecule has 0 rings (SSSR count). The maximum absolute atomic E-state index is 13.2. The van der Waals surface area contributed by atoms with Crippen molar-refractivity contribution in [3.05, 3.63) is 0 Å². The van der Waals surface area contributed by atoms with E-state index in [1.807, 2.05) is 0 Å². The summed E-state index contributed by atoms with van der Waals surface area (Å²) < 4.78 is 69.0. The van der Waals surface area contributed by atoms with E-state index in [9.17, 15) is 43.2 Å². The van der Waals surface area contributed by atoms with Crippen LogP contribution in [0, 0.1) is 11.8 Å². The van der Waals surface area contributed by atoms with Gasteiger partial charge in [-0.05, 0) is 37.5 Å². The first-order valence-corrected chi connectivity index (χ1v) is 48.5. The van der Waals surface area contributed by atoms with Crippen molar-refractivity contribution in [2.24, 2.45) is 11.8 Å². The molecule has 19 heteroatoms. The van der Waals surface area contributed by atoms with Crippen LogP contribution in [0.3, 0.4) is 0 Å². The molecule has 0 heterocycles. The Balaban J connectivity index is 5.22. The van der Waals surface area contributed by atoms with Gasteiger partial charge < -0.3 is 33.8 Å². The highest BCUT2D eigenvalue weighted by molar-refractivity contribution is 7.47. The molecule has 0 aliphatic heterocycles. The van der Waals surface area contributed by atoms with E-state index < -0.39 is 97.5 Å². The molecular weight excluding hydrogens is 1390 g/mol. The summed E-state index contributed by atoms with van der Waals surface area (Å²) in [6.07, 6.45) is 72.3. The number of aliphatic hydroxyl groups is 1. The minimum absolute atomic E-state index is 0.108. The third-order valence-corrected chi connectivity index (χ3v) is 23.0. The summed E-state index contributed by atoms with van der Waals surface area (Å²) in [6.45, 7) is 9.67. The van der Waals surface area contributed by atoms with Gasteiger partial charge in [0.15, 0.2) is 12.2 Å². The van der Waals surface area contributed by atoms with Gasteiger partial charge in [0, 0.05) is 25.7 Å². The Morgan fingerprint density at radius 2 is 0.477 bits per heavy atom. The number of carbonyl (C=O) groups is 4. The monoisotopic (exact) mass is 1560 g/mol.